The van der Waals surface area contributed by atoms with Gasteiger partial charge in [0.2, 0.25) is 5.91 Å². The van der Waals surface area contributed by atoms with Gasteiger partial charge in [0, 0.05) is 18.7 Å². The van der Waals surface area contributed by atoms with Gasteiger partial charge in [-0.15, -0.1) is 0 Å². The minimum Gasteiger partial charge on any atom is -0.316 e. The fraction of sp³-hybridized carbons (Fsp3) is 0.615. The number of aromatic nitrogens is 2. The second kappa shape index (κ2) is 5.21. The molecule has 2 fully saturated rings. The van der Waals surface area contributed by atoms with E-state index >= 15 is 0 Å². The van der Waals surface area contributed by atoms with Crippen LogP contribution in [0.15, 0.2) is 12.3 Å². The molecule has 1 aromatic heterocycles. The smallest absolute Gasteiger partial charge is 0.310 e. The minimum absolute atomic E-state index is 0.0433. The summed E-state index contributed by atoms with van der Waals surface area (Å²) in [4.78, 5) is 21.3. The van der Waals surface area contributed by atoms with Crippen LogP contribution >= 0.6 is 0 Å². The highest BCUT2D eigenvalue weighted by Crippen LogP contribution is 2.30. The lowest BCUT2D eigenvalue weighted by Gasteiger charge is -2.34. The lowest BCUT2D eigenvalue weighted by Crippen LogP contribution is -2.45. The molecule has 2 unspecified atom stereocenters. The maximum absolute atomic E-state index is 13.1. The normalized spacial score (nSPS) is 27.8. The first-order valence-electron chi connectivity index (χ1n) is 6.76. The van der Waals surface area contributed by atoms with Crippen LogP contribution in [-0.4, -0.2) is 35.5 Å². The van der Waals surface area contributed by atoms with Crippen molar-refractivity contribution in [2.45, 2.75) is 19.3 Å². The van der Waals surface area contributed by atoms with Crippen molar-refractivity contribution in [3.63, 3.8) is 0 Å². The second-order valence-corrected chi connectivity index (χ2v) is 5.18. The zero-order chi connectivity index (χ0) is 13.2. The van der Waals surface area contributed by atoms with Crippen molar-refractivity contribution >= 4 is 11.7 Å². The van der Waals surface area contributed by atoms with Crippen LogP contribution in [0.1, 0.15) is 19.3 Å². The molecule has 0 aliphatic carbocycles. The van der Waals surface area contributed by atoms with E-state index in [9.17, 15) is 9.18 Å². The molecule has 0 radical (unpaired) electrons. The van der Waals surface area contributed by atoms with Gasteiger partial charge in [-0.2, -0.15) is 9.37 Å². The van der Waals surface area contributed by atoms with Crippen molar-refractivity contribution in [1.29, 1.82) is 0 Å². The van der Waals surface area contributed by atoms with E-state index in [0.717, 1.165) is 32.4 Å². The van der Waals surface area contributed by atoms with E-state index in [4.69, 9.17) is 0 Å². The highest BCUT2D eigenvalue weighted by molar-refractivity contribution is 5.95. The fourth-order valence-corrected chi connectivity index (χ4v) is 3.06. The Labute approximate surface area is 111 Å². The minimum atomic E-state index is -0.782. The van der Waals surface area contributed by atoms with E-state index in [-0.39, 0.29) is 11.8 Å². The van der Waals surface area contributed by atoms with Crippen molar-refractivity contribution in [3.05, 3.63) is 18.3 Å². The Balaban J connectivity index is 1.80. The number of hydrogen-bond acceptors (Lipinski definition) is 4. The summed E-state index contributed by atoms with van der Waals surface area (Å²) in [5, 5.41) is 3.30. The zero-order valence-corrected chi connectivity index (χ0v) is 10.7. The maximum atomic E-state index is 13.1. The lowest BCUT2D eigenvalue weighted by molar-refractivity contribution is -0.125. The van der Waals surface area contributed by atoms with E-state index < -0.39 is 6.08 Å². The van der Waals surface area contributed by atoms with E-state index in [2.05, 4.69) is 15.3 Å². The maximum Gasteiger partial charge on any atom is 0.310 e. The van der Waals surface area contributed by atoms with Crippen LogP contribution in [0.25, 0.3) is 0 Å². The second-order valence-electron chi connectivity index (χ2n) is 5.18. The Morgan fingerprint density at radius 1 is 1.42 bits per heavy atom. The van der Waals surface area contributed by atoms with Crippen molar-refractivity contribution in [1.82, 2.24) is 15.3 Å². The van der Waals surface area contributed by atoms with Gasteiger partial charge in [0.15, 0.2) is 0 Å². The molecule has 0 bridgehead atoms. The number of rotatable bonds is 2. The van der Waals surface area contributed by atoms with Gasteiger partial charge >= 0.3 is 6.08 Å². The Kier molecular flexibility index (Phi) is 3.42. The largest absolute Gasteiger partial charge is 0.316 e. The first-order valence-corrected chi connectivity index (χ1v) is 6.76. The summed E-state index contributed by atoms with van der Waals surface area (Å²) in [6.45, 7) is 2.50. The molecule has 19 heavy (non-hydrogen) atoms. The molecule has 5 nitrogen and oxygen atoms in total. The van der Waals surface area contributed by atoms with Gasteiger partial charge in [0.1, 0.15) is 5.82 Å². The fourth-order valence-electron chi connectivity index (χ4n) is 3.06. The van der Waals surface area contributed by atoms with Gasteiger partial charge in [0.25, 0.3) is 0 Å². The molecular formula is C13H17FN4O. The van der Waals surface area contributed by atoms with Gasteiger partial charge in [-0.05, 0) is 44.3 Å². The molecule has 102 valence electrons. The highest BCUT2D eigenvalue weighted by Gasteiger charge is 2.36. The number of anilines is 1. The molecule has 1 amide bonds. The summed E-state index contributed by atoms with van der Waals surface area (Å²) in [5.74, 6) is 0.912. The van der Waals surface area contributed by atoms with Crippen molar-refractivity contribution in [2.24, 2.45) is 11.8 Å². The molecular weight excluding hydrogens is 247 g/mol. The SMILES string of the molecule is O=C1C(C2CCNC2)CCCN1c1ccnc(F)n1. The number of nitrogens with one attached hydrogen (secondary N) is 1. The Hall–Kier alpha value is -1.56. The molecule has 1 aromatic rings. The van der Waals surface area contributed by atoms with Gasteiger partial charge in [-0.1, -0.05) is 0 Å². The third-order valence-corrected chi connectivity index (χ3v) is 4.04. The Morgan fingerprint density at radius 2 is 2.32 bits per heavy atom. The highest BCUT2D eigenvalue weighted by atomic mass is 19.1. The van der Waals surface area contributed by atoms with E-state index in [1.807, 2.05) is 0 Å². The summed E-state index contributed by atoms with van der Waals surface area (Å²) in [6.07, 6.45) is 3.48. The van der Waals surface area contributed by atoms with Crippen LogP contribution in [-0.2, 0) is 4.79 Å². The van der Waals surface area contributed by atoms with Crippen LogP contribution in [0.3, 0.4) is 0 Å². The van der Waals surface area contributed by atoms with Crippen molar-refractivity contribution in [2.75, 3.05) is 24.5 Å². The van der Waals surface area contributed by atoms with E-state index in [1.165, 1.54) is 6.20 Å². The summed E-state index contributed by atoms with van der Waals surface area (Å²) in [5.41, 5.74) is 0. The summed E-state index contributed by atoms with van der Waals surface area (Å²) in [7, 11) is 0. The predicted octanol–water partition coefficient (Wildman–Crippen LogP) is 0.968. The topological polar surface area (TPSA) is 58.1 Å². The van der Waals surface area contributed by atoms with E-state index in [0.29, 0.717) is 18.3 Å². The van der Waals surface area contributed by atoms with Gasteiger partial charge < -0.3 is 5.32 Å². The van der Waals surface area contributed by atoms with Crippen LogP contribution in [0.5, 0.6) is 0 Å². The average molecular weight is 264 g/mol. The average Bonchev–Trinajstić information content (AvgIpc) is 2.93. The van der Waals surface area contributed by atoms with Gasteiger partial charge in [-0.3, -0.25) is 9.69 Å². The summed E-state index contributed by atoms with van der Waals surface area (Å²) < 4.78 is 13.1. The first kappa shape index (κ1) is 12.5. The van der Waals surface area contributed by atoms with Crippen LogP contribution in [0.4, 0.5) is 10.2 Å². The number of hydrogen-bond donors (Lipinski definition) is 1. The Morgan fingerprint density at radius 3 is 3.05 bits per heavy atom. The first-order chi connectivity index (χ1) is 9.25. The van der Waals surface area contributed by atoms with Gasteiger partial charge in [-0.25, -0.2) is 4.98 Å². The van der Waals surface area contributed by atoms with E-state index in [1.54, 1.807) is 11.0 Å². The molecule has 0 spiro atoms. The standard InChI is InChI=1S/C13H17FN4O/c14-13-16-6-4-11(17-13)18-7-1-2-10(12(18)19)9-3-5-15-8-9/h4,6,9-10,15H,1-3,5,7-8H2. The van der Waals surface area contributed by atoms with Crippen molar-refractivity contribution in [3.8, 4) is 0 Å². The number of carbonyl (C=O) groups excluding carboxylic acids is 1. The van der Waals surface area contributed by atoms with Crippen LogP contribution in [0.2, 0.25) is 0 Å². The molecule has 2 saturated heterocycles. The molecule has 3 heterocycles. The third-order valence-electron chi connectivity index (χ3n) is 4.04. The molecule has 0 aromatic carbocycles. The predicted molar refractivity (Wildman–Crippen MR) is 68.0 cm³/mol. The summed E-state index contributed by atoms with van der Waals surface area (Å²) >= 11 is 0. The molecule has 2 aliphatic heterocycles. The molecule has 2 aliphatic rings. The van der Waals surface area contributed by atoms with Crippen LogP contribution < -0.4 is 10.2 Å². The number of halogens is 1. The quantitative estimate of drug-likeness (QED) is 0.809. The number of carbonyl (C=O) groups is 1. The lowest BCUT2D eigenvalue weighted by atomic mass is 9.84. The number of piperidine rings is 1. The molecule has 6 heteroatoms. The Bertz CT molecular complexity index is 475. The van der Waals surface area contributed by atoms with Crippen LogP contribution in [0, 0.1) is 17.9 Å². The molecule has 2 atom stereocenters. The zero-order valence-electron chi connectivity index (χ0n) is 10.7. The molecule has 3 rings (SSSR count). The summed E-state index contributed by atoms with van der Waals surface area (Å²) in [6, 6.07) is 1.59. The van der Waals surface area contributed by atoms with Gasteiger partial charge in [0.05, 0.1) is 0 Å². The monoisotopic (exact) mass is 264 g/mol. The molecule has 1 N–H and O–H groups in total. The van der Waals surface area contributed by atoms with Crippen molar-refractivity contribution < 1.29 is 9.18 Å². The number of amides is 1. The molecule has 0 saturated carbocycles. The number of nitrogens with zero attached hydrogens (tertiary/aromatic N) is 3. The third kappa shape index (κ3) is 2.45.